The molecule has 0 aliphatic carbocycles. The average molecular weight is 73.0 g/mol. The van der Waals surface area contributed by atoms with Gasteiger partial charge in [0.2, 0.25) is 0 Å². The summed E-state index contributed by atoms with van der Waals surface area (Å²) in [6.45, 7) is 0. The van der Waals surface area contributed by atoms with Crippen LogP contribution in [0.1, 0.15) is 0 Å². The summed E-state index contributed by atoms with van der Waals surface area (Å²) in [5.74, 6) is 0. The molecule has 4 heteroatoms. The van der Waals surface area contributed by atoms with E-state index < -0.39 is 0 Å². The van der Waals surface area contributed by atoms with Crippen LogP contribution in [-0.2, 0) is 0 Å². The number of nitriles is 2. The summed E-state index contributed by atoms with van der Waals surface area (Å²) in [6.07, 6.45) is 2.56. The van der Waals surface area contributed by atoms with Crippen LogP contribution in [0.2, 0.25) is 0 Å². The van der Waals surface area contributed by atoms with Gasteiger partial charge in [-0.05, 0) is 0 Å². The van der Waals surface area contributed by atoms with E-state index >= 15 is 0 Å². The van der Waals surface area contributed by atoms with Crippen LogP contribution < -0.4 is 18.9 Å². The van der Waals surface area contributed by atoms with Gasteiger partial charge >= 0.3 is 18.9 Å². The summed E-state index contributed by atoms with van der Waals surface area (Å²) < 4.78 is 0. The summed E-state index contributed by atoms with van der Waals surface area (Å²) >= 11 is 0. The molecule has 0 heterocycles. The third-order valence-corrected chi connectivity index (χ3v) is 0.100. The quantitative estimate of drug-likeness (QED) is 0.232. The van der Waals surface area contributed by atoms with Gasteiger partial charge in [0, 0.05) is 12.4 Å². The van der Waals surface area contributed by atoms with Gasteiger partial charge in [0.15, 0.2) is 0 Å². The van der Waals surface area contributed by atoms with Crippen LogP contribution >= 0.6 is 0 Å². The molecule has 0 atom stereocenters. The van der Waals surface area contributed by atoms with Crippen molar-refractivity contribution in [3.8, 4) is 12.4 Å². The molecule has 0 fully saturated rings. The topological polar surface area (TPSA) is 61.7 Å². The normalized spacial score (nSPS) is 3.00. The fourth-order valence-electron chi connectivity index (χ4n) is 0.0224. The minimum absolute atomic E-state index is 0. The van der Waals surface area contributed by atoms with Gasteiger partial charge in [-0.3, -0.25) is 5.32 Å². The smallest absolute Gasteiger partial charge is 0.385 e. The average Bonchev–Trinajstić information content (AvgIpc) is 1.41. The van der Waals surface area contributed by atoms with Gasteiger partial charge in [-0.1, -0.05) is 0 Å². The van der Waals surface area contributed by atoms with Crippen LogP contribution in [-0.4, -0.2) is 0 Å². The molecule has 0 aromatic heterocycles. The Balaban J connectivity index is 0. The van der Waals surface area contributed by atoms with Crippen molar-refractivity contribution in [3.05, 3.63) is 5.32 Å². The first kappa shape index (κ1) is 9.03. The van der Waals surface area contributed by atoms with Crippen molar-refractivity contribution in [2.45, 2.75) is 0 Å². The van der Waals surface area contributed by atoms with Crippen molar-refractivity contribution in [1.82, 2.24) is 0 Å². The molecule has 0 unspecified atom stereocenters. The van der Waals surface area contributed by atoms with Gasteiger partial charge in [0.05, 0.1) is 0 Å². The molecule has 0 aromatic rings. The Bertz CT molecular complexity index is 73.9. The molecule has 0 rings (SSSR count). The molecule has 6 heavy (non-hydrogen) atoms. The molecular weight excluding hydrogens is 73.0 g/mol. The molecule has 0 saturated heterocycles. The zero-order valence-corrected chi connectivity index (χ0v) is 3.34. The third-order valence-electron chi connectivity index (χ3n) is 0.100. The van der Waals surface area contributed by atoms with Gasteiger partial charge in [0.25, 0.3) is 0 Å². The molecule has 24 valence electrons. The van der Waals surface area contributed by atoms with E-state index in [2.05, 4.69) is 5.32 Å². The second-order valence-electron chi connectivity index (χ2n) is 0.312. The summed E-state index contributed by atoms with van der Waals surface area (Å²) in [4.78, 5) is 0. The molecule has 0 radical (unpaired) electrons. The molecule has 0 aliphatic heterocycles. The molecule has 0 bridgehead atoms. The molecule has 0 aromatic carbocycles. The van der Waals surface area contributed by atoms with E-state index in [1.54, 1.807) is 0 Å². The van der Waals surface area contributed by atoms with Crippen LogP contribution in [0.4, 0.5) is 0 Å². The van der Waals surface area contributed by atoms with Crippen molar-refractivity contribution >= 4 is 0 Å². The van der Waals surface area contributed by atoms with E-state index in [4.69, 9.17) is 10.5 Å². The second kappa shape index (κ2) is 8.83. The van der Waals surface area contributed by atoms with E-state index in [9.17, 15) is 0 Å². The summed E-state index contributed by atoms with van der Waals surface area (Å²) in [5, 5.41) is 17.4. The predicted molar refractivity (Wildman–Crippen MR) is 14.6 cm³/mol. The van der Waals surface area contributed by atoms with Gasteiger partial charge in [-0.15, -0.1) is 0 Å². The van der Waals surface area contributed by atoms with E-state index in [1.807, 2.05) is 0 Å². The zero-order chi connectivity index (χ0) is 4.12. The molecule has 0 saturated carbocycles. The molecule has 3 nitrogen and oxygen atoms in total. The summed E-state index contributed by atoms with van der Waals surface area (Å²) in [5.41, 5.74) is 0. The molecule has 0 aliphatic rings. The van der Waals surface area contributed by atoms with Crippen LogP contribution in [0.15, 0.2) is 0 Å². The minimum Gasteiger partial charge on any atom is -0.385 e. The van der Waals surface area contributed by atoms with E-state index in [0.717, 1.165) is 0 Å². The van der Waals surface area contributed by atoms with Crippen molar-refractivity contribution < 1.29 is 18.9 Å². The van der Waals surface area contributed by atoms with Gasteiger partial charge in [-0.2, -0.15) is 0 Å². The molecular formula is C2LiN3. The van der Waals surface area contributed by atoms with Gasteiger partial charge < -0.3 is 10.5 Å². The predicted octanol–water partition coefficient (Wildman–Crippen LogP) is -2.67. The van der Waals surface area contributed by atoms with E-state index in [-0.39, 0.29) is 18.9 Å². The first-order valence-electron chi connectivity index (χ1n) is 0.894. The second-order valence-corrected chi connectivity index (χ2v) is 0.312. The van der Waals surface area contributed by atoms with Crippen LogP contribution in [0.5, 0.6) is 0 Å². The summed E-state index contributed by atoms with van der Waals surface area (Å²) in [7, 11) is 0. The number of rotatable bonds is 0. The van der Waals surface area contributed by atoms with Crippen LogP contribution in [0.25, 0.3) is 5.32 Å². The monoisotopic (exact) mass is 73.0 g/mol. The van der Waals surface area contributed by atoms with E-state index in [1.165, 1.54) is 12.4 Å². The Kier molecular flexibility index (Phi) is 13.3. The SMILES string of the molecule is N#C[N-]C#N.[Li+]. The van der Waals surface area contributed by atoms with Crippen molar-refractivity contribution in [2.24, 2.45) is 0 Å². The standard InChI is InChI=1S/C2N3.Li/c3-1-5-2-4;/q-1;+1. The first-order valence-corrected chi connectivity index (χ1v) is 0.894. The maximum absolute atomic E-state index is 7.43. The Hall–Kier alpha value is -0.623. The Labute approximate surface area is 47.7 Å². The Morgan fingerprint density at radius 3 is 1.50 bits per heavy atom. The summed E-state index contributed by atoms with van der Waals surface area (Å²) in [6, 6.07) is 0. The van der Waals surface area contributed by atoms with Crippen molar-refractivity contribution in [1.29, 1.82) is 10.5 Å². The van der Waals surface area contributed by atoms with Crippen molar-refractivity contribution in [3.63, 3.8) is 0 Å². The van der Waals surface area contributed by atoms with E-state index in [0.29, 0.717) is 0 Å². The third kappa shape index (κ3) is 10.1. The maximum atomic E-state index is 7.43. The minimum atomic E-state index is 0. The fraction of sp³-hybridized carbons (Fsp3) is 0. The van der Waals surface area contributed by atoms with Gasteiger partial charge in [-0.25, -0.2) is 0 Å². The number of nitrogens with zero attached hydrogens (tertiary/aromatic N) is 3. The first-order chi connectivity index (χ1) is 2.41. The van der Waals surface area contributed by atoms with Crippen LogP contribution in [0, 0.1) is 22.9 Å². The zero-order valence-electron chi connectivity index (χ0n) is 3.34. The fourth-order valence-corrected chi connectivity index (χ4v) is 0.0224. The van der Waals surface area contributed by atoms with Crippen molar-refractivity contribution in [2.75, 3.05) is 0 Å². The molecule has 0 spiro atoms. The molecule has 0 amide bonds. The van der Waals surface area contributed by atoms with Gasteiger partial charge in [0.1, 0.15) is 0 Å². The largest absolute Gasteiger partial charge is 1.00 e. The number of hydrogen-bond donors (Lipinski definition) is 0. The maximum Gasteiger partial charge on any atom is 1.00 e. The Morgan fingerprint density at radius 1 is 1.17 bits per heavy atom. The number of hydrogen-bond acceptors (Lipinski definition) is 2. The molecule has 0 N–H and O–H groups in total. The van der Waals surface area contributed by atoms with Crippen LogP contribution in [0.3, 0.4) is 0 Å². The Morgan fingerprint density at radius 2 is 1.50 bits per heavy atom.